The van der Waals surface area contributed by atoms with E-state index >= 15 is 0 Å². The van der Waals surface area contributed by atoms with Crippen LogP contribution in [0.5, 0.6) is 0 Å². The summed E-state index contributed by atoms with van der Waals surface area (Å²) in [6, 6.07) is 0. The highest BCUT2D eigenvalue weighted by atomic mass is 32.2. The lowest BCUT2D eigenvalue weighted by molar-refractivity contribution is 0.174. The van der Waals surface area contributed by atoms with Crippen LogP contribution in [-0.2, 0) is 0 Å². The van der Waals surface area contributed by atoms with Gasteiger partial charge in [0, 0.05) is 29.2 Å². The average molecular weight is 283 g/mol. The van der Waals surface area contributed by atoms with E-state index in [2.05, 4.69) is 50.1 Å². The molecule has 1 fully saturated rings. The molecule has 110 valence electrons. The Morgan fingerprint density at radius 2 is 2.16 bits per heavy atom. The fourth-order valence-corrected chi connectivity index (χ4v) is 5.00. The van der Waals surface area contributed by atoms with Gasteiger partial charge in [0.25, 0.3) is 0 Å². The van der Waals surface area contributed by atoms with Crippen molar-refractivity contribution in [2.24, 2.45) is 16.3 Å². The second kappa shape index (κ2) is 6.04. The molecule has 2 N–H and O–H groups in total. The molecule has 2 unspecified atom stereocenters. The molecule has 2 aliphatic rings. The Morgan fingerprint density at radius 3 is 2.89 bits per heavy atom. The molecule has 2 bridgehead atoms. The molecule has 2 rings (SSSR count). The second-order valence-electron chi connectivity index (χ2n) is 6.30. The molecule has 0 radical (unpaired) electrons. The molecule has 0 amide bonds. The van der Waals surface area contributed by atoms with E-state index in [9.17, 15) is 0 Å². The summed E-state index contributed by atoms with van der Waals surface area (Å²) in [4.78, 5) is 4.87. The van der Waals surface area contributed by atoms with Crippen molar-refractivity contribution < 1.29 is 0 Å². The van der Waals surface area contributed by atoms with Gasteiger partial charge in [-0.25, -0.2) is 0 Å². The van der Waals surface area contributed by atoms with Gasteiger partial charge in [0.05, 0.1) is 5.84 Å². The van der Waals surface area contributed by atoms with Crippen molar-refractivity contribution in [2.75, 3.05) is 31.9 Å². The molecule has 4 heteroatoms. The minimum absolute atomic E-state index is 0.273. The third kappa shape index (κ3) is 2.80. The zero-order valence-electron chi connectivity index (χ0n) is 12.9. The number of hydrogen-bond acceptors (Lipinski definition) is 4. The predicted molar refractivity (Wildman–Crippen MR) is 86.2 cm³/mol. The molecule has 1 saturated heterocycles. The quantitative estimate of drug-likeness (QED) is 0.835. The van der Waals surface area contributed by atoms with Crippen LogP contribution in [0.3, 0.4) is 0 Å². The standard InChI is InChI=1S/C15H29N3S/c1-5-19-14(3,4)15-7-10-16-8-6-9-17-13(12(15)2)18-11-15/h12,16H,5-11H2,1-4H3,(H,17,18). The summed E-state index contributed by atoms with van der Waals surface area (Å²) in [5.74, 6) is 2.98. The summed E-state index contributed by atoms with van der Waals surface area (Å²) in [5, 5.41) is 7.17. The van der Waals surface area contributed by atoms with Gasteiger partial charge >= 0.3 is 0 Å². The van der Waals surface area contributed by atoms with Gasteiger partial charge in [-0.05, 0) is 31.7 Å². The van der Waals surface area contributed by atoms with E-state index < -0.39 is 0 Å². The van der Waals surface area contributed by atoms with Crippen LogP contribution in [0.15, 0.2) is 4.99 Å². The largest absolute Gasteiger partial charge is 0.374 e. The molecule has 0 aromatic rings. The number of amidine groups is 1. The van der Waals surface area contributed by atoms with Gasteiger partial charge < -0.3 is 10.6 Å². The second-order valence-corrected chi connectivity index (χ2v) is 8.19. The summed E-state index contributed by atoms with van der Waals surface area (Å²) in [6.45, 7) is 13.8. The SMILES string of the molecule is CCSC(C)(C)C12CCNCCCNC(=NC1)C2C. The van der Waals surface area contributed by atoms with Gasteiger partial charge in [0.1, 0.15) is 0 Å². The molecular weight excluding hydrogens is 254 g/mol. The van der Waals surface area contributed by atoms with Gasteiger partial charge in [0.2, 0.25) is 0 Å². The Bertz CT molecular complexity index is 340. The first kappa shape index (κ1) is 15.2. The summed E-state index contributed by atoms with van der Waals surface area (Å²) < 4.78 is 0.273. The van der Waals surface area contributed by atoms with Crippen molar-refractivity contribution >= 4 is 17.6 Å². The van der Waals surface area contributed by atoms with Crippen LogP contribution in [0.2, 0.25) is 0 Å². The van der Waals surface area contributed by atoms with Crippen LogP contribution < -0.4 is 10.6 Å². The normalized spacial score (nSPS) is 32.6. The topological polar surface area (TPSA) is 36.4 Å². The van der Waals surface area contributed by atoms with Crippen LogP contribution in [0.1, 0.15) is 40.5 Å². The first-order chi connectivity index (χ1) is 9.03. The third-order valence-electron chi connectivity index (χ3n) is 5.06. The lowest BCUT2D eigenvalue weighted by atomic mass is 9.66. The first-order valence-electron chi connectivity index (χ1n) is 7.66. The van der Waals surface area contributed by atoms with E-state index in [1.807, 2.05) is 0 Å². The molecule has 2 aliphatic heterocycles. The number of nitrogens with zero attached hydrogens (tertiary/aromatic N) is 1. The lowest BCUT2D eigenvalue weighted by Crippen LogP contribution is -2.51. The smallest absolute Gasteiger partial charge is 0.0998 e. The average Bonchev–Trinajstić information content (AvgIpc) is 2.66. The lowest BCUT2D eigenvalue weighted by Gasteiger charge is -2.47. The highest BCUT2D eigenvalue weighted by molar-refractivity contribution is 8.00. The highest BCUT2D eigenvalue weighted by Gasteiger charge is 2.52. The summed E-state index contributed by atoms with van der Waals surface area (Å²) in [5.41, 5.74) is 0.292. The number of fused-ring (bicyclic) bond motifs is 2. The monoisotopic (exact) mass is 283 g/mol. The number of aliphatic imine (C=N–C) groups is 1. The van der Waals surface area contributed by atoms with Crippen LogP contribution in [0.25, 0.3) is 0 Å². The van der Waals surface area contributed by atoms with Gasteiger partial charge in [0.15, 0.2) is 0 Å². The van der Waals surface area contributed by atoms with Crippen molar-refractivity contribution in [2.45, 2.75) is 45.3 Å². The van der Waals surface area contributed by atoms with E-state index in [0.29, 0.717) is 11.3 Å². The van der Waals surface area contributed by atoms with Crippen LogP contribution in [0, 0.1) is 11.3 Å². The molecule has 0 saturated carbocycles. The maximum Gasteiger partial charge on any atom is 0.0998 e. The fraction of sp³-hybridized carbons (Fsp3) is 0.933. The molecule has 0 aromatic carbocycles. The summed E-state index contributed by atoms with van der Waals surface area (Å²) in [7, 11) is 0. The van der Waals surface area contributed by atoms with E-state index in [1.54, 1.807) is 0 Å². The van der Waals surface area contributed by atoms with Crippen LogP contribution in [-0.4, -0.2) is 42.5 Å². The Hall–Kier alpha value is -0.220. The van der Waals surface area contributed by atoms with Crippen molar-refractivity contribution in [3.8, 4) is 0 Å². The minimum Gasteiger partial charge on any atom is -0.374 e. The molecule has 19 heavy (non-hydrogen) atoms. The number of hydrogen-bond donors (Lipinski definition) is 2. The Balaban J connectivity index is 2.24. The molecular formula is C15H29N3S. The van der Waals surface area contributed by atoms with Gasteiger partial charge in [-0.2, -0.15) is 11.8 Å². The van der Waals surface area contributed by atoms with Crippen molar-refractivity contribution in [1.82, 2.24) is 10.6 Å². The Morgan fingerprint density at radius 1 is 1.37 bits per heavy atom. The number of rotatable bonds is 3. The maximum absolute atomic E-state index is 4.87. The van der Waals surface area contributed by atoms with Gasteiger partial charge in [-0.3, -0.25) is 4.99 Å². The van der Waals surface area contributed by atoms with Crippen LogP contribution in [0.4, 0.5) is 0 Å². The van der Waals surface area contributed by atoms with Crippen molar-refractivity contribution in [1.29, 1.82) is 0 Å². The van der Waals surface area contributed by atoms with E-state index in [1.165, 1.54) is 24.4 Å². The number of thioether (sulfide) groups is 1. The molecule has 0 aliphatic carbocycles. The molecule has 3 nitrogen and oxygen atoms in total. The molecule has 0 spiro atoms. The van der Waals surface area contributed by atoms with Crippen molar-refractivity contribution in [3.05, 3.63) is 0 Å². The minimum atomic E-state index is 0.273. The Labute approximate surface area is 122 Å². The number of nitrogens with one attached hydrogen (secondary N) is 2. The molecule has 2 heterocycles. The van der Waals surface area contributed by atoms with Crippen molar-refractivity contribution in [3.63, 3.8) is 0 Å². The first-order valence-corrected chi connectivity index (χ1v) is 8.65. The summed E-state index contributed by atoms with van der Waals surface area (Å²) >= 11 is 2.09. The Kier molecular flexibility index (Phi) is 4.83. The van der Waals surface area contributed by atoms with Gasteiger partial charge in [-0.15, -0.1) is 0 Å². The summed E-state index contributed by atoms with van der Waals surface area (Å²) in [6.07, 6.45) is 2.41. The maximum atomic E-state index is 4.87. The highest BCUT2D eigenvalue weighted by Crippen LogP contribution is 2.52. The van der Waals surface area contributed by atoms with E-state index in [4.69, 9.17) is 4.99 Å². The fourth-order valence-electron chi connectivity index (χ4n) is 3.65. The van der Waals surface area contributed by atoms with Crippen LogP contribution >= 0.6 is 11.8 Å². The predicted octanol–water partition coefficient (Wildman–Crippen LogP) is 2.53. The zero-order valence-corrected chi connectivity index (χ0v) is 13.7. The van der Waals surface area contributed by atoms with E-state index in [-0.39, 0.29) is 4.75 Å². The zero-order chi connectivity index (χ0) is 13.9. The van der Waals surface area contributed by atoms with Gasteiger partial charge in [-0.1, -0.05) is 27.7 Å². The molecule has 2 atom stereocenters. The third-order valence-corrected chi connectivity index (χ3v) is 6.48. The van der Waals surface area contributed by atoms with E-state index in [0.717, 1.165) is 26.2 Å². The molecule has 0 aromatic heterocycles.